The van der Waals surface area contributed by atoms with Gasteiger partial charge in [-0.3, -0.25) is 24.9 Å². The Morgan fingerprint density at radius 2 is 1.68 bits per heavy atom. The first-order chi connectivity index (χ1) is 8.84. The Morgan fingerprint density at radius 3 is 2.21 bits per heavy atom. The maximum atomic E-state index is 11.0. The van der Waals surface area contributed by atoms with Crippen LogP contribution in [0.4, 0.5) is 11.4 Å². The number of rotatable bonds is 3. The lowest BCUT2D eigenvalue weighted by Gasteiger charge is -1.92. The summed E-state index contributed by atoms with van der Waals surface area (Å²) in [6.07, 6.45) is 0. The first kappa shape index (κ1) is 12.7. The number of hydrogen-bond donors (Lipinski definition) is 0. The molecule has 0 aliphatic rings. The van der Waals surface area contributed by atoms with Gasteiger partial charge < -0.3 is 4.52 Å². The van der Waals surface area contributed by atoms with Crippen LogP contribution >= 0.6 is 0 Å². The molecule has 2 heterocycles. The third-order valence-electron chi connectivity index (χ3n) is 2.72. The summed E-state index contributed by atoms with van der Waals surface area (Å²) >= 11 is 0. The van der Waals surface area contributed by atoms with E-state index in [0.29, 0.717) is 0 Å². The monoisotopic (exact) mass is 267 g/mol. The van der Waals surface area contributed by atoms with Crippen LogP contribution in [0.3, 0.4) is 0 Å². The molecule has 0 aliphatic heterocycles. The largest absolute Gasteiger partial charge is 0.353 e. The highest BCUT2D eigenvalue weighted by Gasteiger charge is 2.35. The first-order valence-electron chi connectivity index (χ1n) is 5.13. The van der Waals surface area contributed by atoms with Crippen LogP contribution in [0.25, 0.3) is 11.4 Å². The standard InChI is InChI=1S/C9H9N5O5/c1-4-8(13(15)16)6(10-12(4)3)7-9(14(17)18)5(2)19-11-7/h1-3H3. The fourth-order valence-electron chi connectivity index (χ4n) is 1.71. The maximum Gasteiger partial charge on any atom is 0.341 e. The smallest absolute Gasteiger partial charge is 0.341 e. The highest BCUT2D eigenvalue weighted by molar-refractivity contribution is 5.75. The first-order valence-corrected chi connectivity index (χ1v) is 5.13. The van der Waals surface area contributed by atoms with Gasteiger partial charge in [-0.15, -0.1) is 0 Å². The van der Waals surface area contributed by atoms with Crippen molar-refractivity contribution in [1.82, 2.24) is 14.9 Å². The number of aryl methyl sites for hydroxylation is 2. The van der Waals surface area contributed by atoms with Crippen LogP contribution in [-0.2, 0) is 7.05 Å². The maximum absolute atomic E-state index is 11.0. The topological polar surface area (TPSA) is 130 Å². The summed E-state index contributed by atoms with van der Waals surface area (Å²) in [6.45, 7) is 2.85. The molecule has 10 nitrogen and oxygen atoms in total. The second-order valence-electron chi connectivity index (χ2n) is 3.86. The summed E-state index contributed by atoms with van der Waals surface area (Å²) < 4.78 is 6.00. The summed E-state index contributed by atoms with van der Waals surface area (Å²) in [7, 11) is 1.50. The van der Waals surface area contributed by atoms with Crippen LogP contribution in [0.15, 0.2) is 4.52 Å². The van der Waals surface area contributed by atoms with Gasteiger partial charge in [0, 0.05) is 14.0 Å². The molecule has 0 bridgehead atoms. The average Bonchev–Trinajstić information content (AvgIpc) is 2.81. The van der Waals surface area contributed by atoms with Crippen LogP contribution in [-0.4, -0.2) is 24.8 Å². The van der Waals surface area contributed by atoms with Crippen molar-refractivity contribution in [3.05, 3.63) is 31.7 Å². The minimum Gasteiger partial charge on any atom is -0.353 e. The van der Waals surface area contributed by atoms with Gasteiger partial charge >= 0.3 is 11.4 Å². The predicted octanol–water partition coefficient (Wildman–Crippen LogP) is 1.51. The summed E-state index contributed by atoms with van der Waals surface area (Å²) in [5.74, 6) is -0.0300. The molecular weight excluding hydrogens is 258 g/mol. The molecule has 10 heteroatoms. The molecule has 0 fully saturated rings. The highest BCUT2D eigenvalue weighted by atomic mass is 16.6. The SMILES string of the molecule is Cc1onc(-c2nn(C)c(C)c2[N+](=O)[O-])c1[N+](=O)[O-]. The molecule has 0 saturated carbocycles. The van der Waals surface area contributed by atoms with Crippen LogP contribution < -0.4 is 0 Å². The minimum absolute atomic E-state index is 0.0300. The Labute approximate surface area is 105 Å². The van der Waals surface area contributed by atoms with E-state index in [1.165, 1.54) is 25.6 Å². The molecule has 0 atom stereocenters. The third kappa shape index (κ3) is 1.82. The van der Waals surface area contributed by atoms with E-state index in [1.807, 2.05) is 0 Å². The number of nitrogens with zero attached hydrogens (tertiary/aromatic N) is 5. The molecule has 0 unspecified atom stereocenters. The Balaban J connectivity index is 2.77. The molecule has 0 aliphatic carbocycles. The van der Waals surface area contributed by atoms with Crippen LogP contribution in [0, 0.1) is 34.1 Å². The van der Waals surface area contributed by atoms with E-state index < -0.39 is 15.5 Å². The highest BCUT2D eigenvalue weighted by Crippen LogP contribution is 2.37. The third-order valence-corrected chi connectivity index (χ3v) is 2.72. The number of hydrogen-bond acceptors (Lipinski definition) is 7. The quantitative estimate of drug-likeness (QED) is 0.608. The van der Waals surface area contributed by atoms with Crippen LogP contribution in [0.5, 0.6) is 0 Å². The van der Waals surface area contributed by atoms with Gasteiger partial charge in [0.1, 0.15) is 5.69 Å². The Bertz CT molecular complexity index is 685. The number of aromatic nitrogens is 3. The van der Waals surface area contributed by atoms with E-state index in [9.17, 15) is 20.2 Å². The van der Waals surface area contributed by atoms with Crippen LogP contribution in [0.2, 0.25) is 0 Å². The molecule has 100 valence electrons. The number of nitro groups is 2. The fraction of sp³-hybridized carbons (Fsp3) is 0.333. The van der Waals surface area contributed by atoms with E-state index in [1.54, 1.807) is 0 Å². The van der Waals surface area contributed by atoms with Gasteiger partial charge in [-0.05, 0) is 6.92 Å². The van der Waals surface area contributed by atoms with Crippen molar-refractivity contribution in [1.29, 1.82) is 0 Å². The molecule has 0 amide bonds. The van der Waals surface area contributed by atoms with Gasteiger partial charge in [0.2, 0.25) is 11.5 Å². The molecule has 2 aromatic rings. The fourth-order valence-corrected chi connectivity index (χ4v) is 1.71. The van der Waals surface area contributed by atoms with Gasteiger partial charge in [-0.2, -0.15) is 5.10 Å². The van der Waals surface area contributed by atoms with E-state index in [-0.39, 0.29) is 28.5 Å². The van der Waals surface area contributed by atoms with Crippen molar-refractivity contribution in [2.45, 2.75) is 13.8 Å². The molecule has 0 saturated heterocycles. The van der Waals surface area contributed by atoms with E-state index in [4.69, 9.17) is 4.52 Å². The Hall–Kier alpha value is -2.78. The zero-order valence-electron chi connectivity index (χ0n) is 10.3. The Morgan fingerprint density at radius 1 is 1.11 bits per heavy atom. The normalized spacial score (nSPS) is 10.7. The van der Waals surface area contributed by atoms with Crippen molar-refractivity contribution in [2.75, 3.05) is 0 Å². The Kier molecular flexibility index (Phi) is 2.77. The molecular formula is C9H9N5O5. The van der Waals surface area contributed by atoms with Crippen molar-refractivity contribution in [3.8, 4) is 11.4 Å². The molecule has 0 aromatic carbocycles. The summed E-state index contributed by atoms with van der Waals surface area (Å²) in [5.41, 5.74) is -0.874. The molecule has 0 N–H and O–H groups in total. The molecule has 2 aromatic heterocycles. The van der Waals surface area contributed by atoms with Crippen molar-refractivity contribution < 1.29 is 14.4 Å². The van der Waals surface area contributed by atoms with Gasteiger partial charge in [-0.25, -0.2) is 0 Å². The van der Waals surface area contributed by atoms with Crippen molar-refractivity contribution in [3.63, 3.8) is 0 Å². The van der Waals surface area contributed by atoms with E-state index in [0.717, 1.165) is 0 Å². The lowest BCUT2D eigenvalue weighted by molar-refractivity contribution is -0.387. The molecule has 0 radical (unpaired) electrons. The second-order valence-corrected chi connectivity index (χ2v) is 3.86. The van der Waals surface area contributed by atoms with Crippen molar-refractivity contribution >= 4 is 11.4 Å². The molecule has 0 spiro atoms. The van der Waals surface area contributed by atoms with E-state index >= 15 is 0 Å². The van der Waals surface area contributed by atoms with Gasteiger partial charge in [0.15, 0.2) is 5.69 Å². The summed E-state index contributed by atoms with van der Waals surface area (Å²) in [6, 6.07) is 0. The lowest BCUT2D eigenvalue weighted by atomic mass is 10.2. The van der Waals surface area contributed by atoms with Gasteiger partial charge in [0.05, 0.1) is 9.85 Å². The zero-order valence-corrected chi connectivity index (χ0v) is 10.3. The van der Waals surface area contributed by atoms with E-state index in [2.05, 4.69) is 10.3 Å². The van der Waals surface area contributed by atoms with Gasteiger partial charge in [0.25, 0.3) is 0 Å². The second kappa shape index (κ2) is 4.15. The molecule has 19 heavy (non-hydrogen) atoms. The minimum atomic E-state index is -0.699. The van der Waals surface area contributed by atoms with Gasteiger partial charge in [-0.1, -0.05) is 5.16 Å². The molecule has 2 rings (SSSR count). The van der Waals surface area contributed by atoms with Crippen LogP contribution in [0.1, 0.15) is 11.5 Å². The predicted molar refractivity (Wildman–Crippen MR) is 61.5 cm³/mol. The lowest BCUT2D eigenvalue weighted by Crippen LogP contribution is -1.95. The average molecular weight is 267 g/mol. The van der Waals surface area contributed by atoms with Crippen molar-refractivity contribution in [2.24, 2.45) is 7.05 Å². The summed E-state index contributed by atoms with van der Waals surface area (Å²) in [5, 5.41) is 29.4. The summed E-state index contributed by atoms with van der Waals surface area (Å²) in [4.78, 5) is 20.6. The zero-order chi connectivity index (χ0) is 14.3.